The van der Waals surface area contributed by atoms with Gasteiger partial charge in [0.25, 0.3) is 0 Å². The Morgan fingerprint density at radius 1 is 1.22 bits per heavy atom. The van der Waals surface area contributed by atoms with Gasteiger partial charge < -0.3 is 15.2 Å². The second-order valence-corrected chi connectivity index (χ2v) is 5.78. The molecule has 18 heavy (non-hydrogen) atoms. The number of rotatable bonds is 1. The van der Waals surface area contributed by atoms with Crippen LogP contribution in [0.15, 0.2) is 18.2 Å². The molecule has 2 N–H and O–H groups in total. The molecule has 2 aliphatic rings. The van der Waals surface area contributed by atoms with Gasteiger partial charge in [0.2, 0.25) is 0 Å². The molecule has 1 saturated carbocycles. The Kier molecular flexibility index (Phi) is 2.94. The summed E-state index contributed by atoms with van der Waals surface area (Å²) < 4.78 is 11.4. The molecule has 3 rings (SSSR count). The van der Waals surface area contributed by atoms with Gasteiger partial charge in [0.15, 0.2) is 11.5 Å². The molecule has 0 spiro atoms. The average Bonchev–Trinajstić information content (AvgIpc) is 2.60. The third-order valence-electron chi connectivity index (χ3n) is 4.22. The molecule has 1 aliphatic carbocycles. The summed E-state index contributed by atoms with van der Waals surface area (Å²) in [6, 6.07) is 6.71. The number of nitrogens with two attached hydrogens (primary N) is 1. The van der Waals surface area contributed by atoms with Gasteiger partial charge in [-0.25, -0.2) is 0 Å². The first-order valence-electron chi connectivity index (χ1n) is 6.83. The van der Waals surface area contributed by atoms with Gasteiger partial charge in [-0.05, 0) is 42.4 Å². The molecule has 1 fully saturated rings. The van der Waals surface area contributed by atoms with E-state index >= 15 is 0 Å². The summed E-state index contributed by atoms with van der Waals surface area (Å²) >= 11 is 0. The minimum atomic E-state index is 0.199. The zero-order valence-corrected chi connectivity index (χ0v) is 10.9. The molecule has 1 heterocycles. The number of benzene rings is 1. The Hall–Kier alpha value is -1.22. The SMILES string of the molecule is CC1(c2ccc3c(c2)OCCCO3)CCC(N)C1. The number of fused-ring (bicyclic) bond motifs is 1. The van der Waals surface area contributed by atoms with E-state index in [9.17, 15) is 0 Å². The lowest BCUT2D eigenvalue weighted by molar-refractivity contribution is 0.296. The second-order valence-electron chi connectivity index (χ2n) is 5.78. The first-order chi connectivity index (χ1) is 8.67. The maximum Gasteiger partial charge on any atom is 0.161 e. The van der Waals surface area contributed by atoms with E-state index in [0.29, 0.717) is 6.04 Å². The lowest BCUT2D eigenvalue weighted by Gasteiger charge is -2.25. The molecular weight excluding hydrogens is 226 g/mol. The molecule has 0 aromatic heterocycles. The molecule has 0 bridgehead atoms. The first kappa shape index (κ1) is 11.8. The van der Waals surface area contributed by atoms with Gasteiger partial charge in [-0.3, -0.25) is 0 Å². The van der Waals surface area contributed by atoms with Crippen LogP contribution in [0.1, 0.15) is 38.2 Å². The summed E-state index contributed by atoms with van der Waals surface area (Å²) in [5, 5.41) is 0. The fourth-order valence-electron chi connectivity index (χ4n) is 3.09. The van der Waals surface area contributed by atoms with Crippen LogP contribution in [0.2, 0.25) is 0 Å². The van der Waals surface area contributed by atoms with Gasteiger partial charge in [-0.2, -0.15) is 0 Å². The maximum absolute atomic E-state index is 6.05. The molecule has 98 valence electrons. The summed E-state index contributed by atoms with van der Waals surface area (Å²) in [4.78, 5) is 0. The van der Waals surface area contributed by atoms with Crippen molar-refractivity contribution in [2.24, 2.45) is 5.73 Å². The number of hydrogen-bond donors (Lipinski definition) is 1. The topological polar surface area (TPSA) is 44.5 Å². The molecule has 1 aromatic rings. The largest absolute Gasteiger partial charge is 0.490 e. The summed E-state index contributed by atoms with van der Waals surface area (Å²) in [6.45, 7) is 3.79. The van der Waals surface area contributed by atoms with Crippen molar-refractivity contribution in [2.75, 3.05) is 13.2 Å². The number of ether oxygens (including phenoxy) is 2. The van der Waals surface area contributed by atoms with E-state index in [1.807, 2.05) is 6.07 Å². The highest BCUT2D eigenvalue weighted by molar-refractivity contribution is 5.45. The quantitative estimate of drug-likeness (QED) is 0.829. The van der Waals surface area contributed by atoms with Gasteiger partial charge in [-0.15, -0.1) is 0 Å². The number of hydrogen-bond acceptors (Lipinski definition) is 3. The minimum Gasteiger partial charge on any atom is -0.490 e. The highest BCUT2D eigenvalue weighted by Gasteiger charge is 2.35. The standard InChI is InChI=1S/C15H21NO2/c1-15(6-5-12(16)10-15)11-3-4-13-14(9-11)18-8-2-7-17-13/h3-4,9,12H,2,5-8,10,16H2,1H3. The Morgan fingerprint density at radius 2 is 2.00 bits per heavy atom. The zero-order valence-electron chi connectivity index (χ0n) is 10.9. The van der Waals surface area contributed by atoms with E-state index in [-0.39, 0.29) is 5.41 Å². The van der Waals surface area contributed by atoms with E-state index in [0.717, 1.165) is 50.4 Å². The third kappa shape index (κ3) is 2.07. The van der Waals surface area contributed by atoms with Crippen LogP contribution in [0, 0.1) is 0 Å². The normalized spacial score (nSPS) is 31.1. The van der Waals surface area contributed by atoms with Crippen LogP contribution < -0.4 is 15.2 Å². The summed E-state index contributed by atoms with van der Waals surface area (Å²) in [5.41, 5.74) is 7.59. The maximum atomic E-state index is 6.05. The Bertz CT molecular complexity index is 446. The molecule has 1 aliphatic heterocycles. The highest BCUT2D eigenvalue weighted by Crippen LogP contribution is 2.43. The van der Waals surface area contributed by atoms with Crippen molar-refractivity contribution < 1.29 is 9.47 Å². The van der Waals surface area contributed by atoms with E-state index in [1.165, 1.54) is 5.56 Å². The highest BCUT2D eigenvalue weighted by atomic mass is 16.5. The van der Waals surface area contributed by atoms with Crippen molar-refractivity contribution in [2.45, 2.75) is 44.1 Å². The zero-order chi connectivity index (χ0) is 12.6. The molecule has 2 unspecified atom stereocenters. The van der Waals surface area contributed by atoms with Crippen molar-refractivity contribution in [1.82, 2.24) is 0 Å². The summed E-state index contributed by atoms with van der Waals surface area (Å²) in [7, 11) is 0. The van der Waals surface area contributed by atoms with Crippen LogP contribution in [0.3, 0.4) is 0 Å². The Morgan fingerprint density at radius 3 is 2.72 bits per heavy atom. The Labute approximate surface area is 108 Å². The fourth-order valence-corrected chi connectivity index (χ4v) is 3.09. The predicted octanol–water partition coefficient (Wildman–Crippen LogP) is 2.62. The van der Waals surface area contributed by atoms with E-state index < -0.39 is 0 Å². The third-order valence-corrected chi connectivity index (χ3v) is 4.22. The van der Waals surface area contributed by atoms with Crippen molar-refractivity contribution >= 4 is 0 Å². The van der Waals surface area contributed by atoms with Crippen LogP contribution in [0.5, 0.6) is 11.5 Å². The van der Waals surface area contributed by atoms with E-state index in [4.69, 9.17) is 15.2 Å². The molecule has 1 aromatic carbocycles. The minimum absolute atomic E-state index is 0.199. The molecule has 3 nitrogen and oxygen atoms in total. The Balaban J connectivity index is 1.92. The first-order valence-corrected chi connectivity index (χ1v) is 6.83. The van der Waals surface area contributed by atoms with E-state index in [2.05, 4.69) is 19.1 Å². The van der Waals surface area contributed by atoms with Crippen molar-refractivity contribution in [3.63, 3.8) is 0 Å². The van der Waals surface area contributed by atoms with Crippen LogP contribution in [0.25, 0.3) is 0 Å². The second kappa shape index (κ2) is 4.47. The van der Waals surface area contributed by atoms with Gasteiger partial charge >= 0.3 is 0 Å². The molecule has 2 atom stereocenters. The van der Waals surface area contributed by atoms with Gasteiger partial charge in [-0.1, -0.05) is 13.0 Å². The summed E-state index contributed by atoms with van der Waals surface area (Å²) in [5.74, 6) is 1.77. The lowest BCUT2D eigenvalue weighted by atomic mass is 9.80. The van der Waals surface area contributed by atoms with Crippen LogP contribution >= 0.6 is 0 Å². The van der Waals surface area contributed by atoms with Gasteiger partial charge in [0.05, 0.1) is 13.2 Å². The lowest BCUT2D eigenvalue weighted by Crippen LogP contribution is -2.22. The van der Waals surface area contributed by atoms with Gasteiger partial charge in [0.1, 0.15) is 0 Å². The smallest absolute Gasteiger partial charge is 0.161 e. The fraction of sp³-hybridized carbons (Fsp3) is 0.600. The molecular formula is C15H21NO2. The molecule has 0 amide bonds. The average molecular weight is 247 g/mol. The molecule has 3 heteroatoms. The monoisotopic (exact) mass is 247 g/mol. The van der Waals surface area contributed by atoms with Gasteiger partial charge in [0, 0.05) is 12.5 Å². The van der Waals surface area contributed by atoms with Crippen molar-refractivity contribution in [3.05, 3.63) is 23.8 Å². The molecule has 0 radical (unpaired) electrons. The van der Waals surface area contributed by atoms with Crippen LogP contribution in [0.4, 0.5) is 0 Å². The van der Waals surface area contributed by atoms with Crippen LogP contribution in [-0.4, -0.2) is 19.3 Å². The van der Waals surface area contributed by atoms with Crippen molar-refractivity contribution in [3.8, 4) is 11.5 Å². The molecule has 0 saturated heterocycles. The summed E-state index contributed by atoms with van der Waals surface area (Å²) in [6.07, 6.45) is 4.29. The van der Waals surface area contributed by atoms with Crippen LogP contribution in [-0.2, 0) is 5.41 Å². The van der Waals surface area contributed by atoms with E-state index in [1.54, 1.807) is 0 Å². The van der Waals surface area contributed by atoms with Crippen molar-refractivity contribution in [1.29, 1.82) is 0 Å². The predicted molar refractivity (Wildman–Crippen MR) is 71.2 cm³/mol.